The van der Waals surface area contributed by atoms with Gasteiger partial charge in [-0.3, -0.25) is 9.59 Å². The smallest absolute Gasteiger partial charge is 0.341 e. The first-order valence-corrected chi connectivity index (χ1v) is 10.9. The van der Waals surface area contributed by atoms with Crippen molar-refractivity contribution in [2.24, 2.45) is 0 Å². The number of hydrogen-bond donors (Lipinski definition) is 1. The number of benzene rings is 1. The molecular weight excluding hydrogens is 428 g/mol. The molecule has 1 amide bonds. The van der Waals surface area contributed by atoms with E-state index in [-0.39, 0.29) is 28.4 Å². The average molecular weight is 452 g/mol. The minimum Gasteiger partial charge on any atom is -0.465 e. The maximum Gasteiger partial charge on any atom is 0.341 e. The number of ether oxygens (including phenoxy) is 2. The lowest BCUT2D eigenvalue weighted by atomic mass is 10.2. The highest BCUT2D eigenvalue weighted by molar-refractivity contribution is 7.89. The molecule has 0 unspecified atom stereocenters. The molecule has 0 aliphatic carbocycles. The van der Waals surface area contributed by atoms with Gasteiger partial charge in [-0.15, -0.1) is 0 Å². The highest BCUT2D eigenvalue weighted by Gasteiger charge is 2.22. The van der Waals surface area contributed by atoms with Crippen LogP contribution in [0, 0.1) is 0 Å². The van der Waals surface area contributed by atoms with Gasteiger partial charge in [-0.25, -0.2) is 13.2 Å². The Bertz CT molecular complexity index is 1020. The Morgan fingerprint density at radius 1 is 1.06 bits per heavy atom. The molecule has 0 atom stereocenters. The van der Waals surface area contributed by atoms with Crippen LogP contribution in [0.5, 0.6) is 0 Å². The van der Waals surface area contributed by atoms with Crippen molar-refractivity contribution in [3.8, 4) is 0 Å². The maximum absolute atomic E-state index is 12.5. The van der Waals surface area contributed by atoms with E-state index in [9.17, 15) is 22.8 Å². The standard InChI is InChI=1S/C20H24N2O8S/c1-4-22(5-2)31(26,27)15-8-6-14(7-9-15)19(24)21-12-18(23)30-13-17-16(10-11-29-17)20(25)28-3/h6-11H,4-5,12-13H2,1-3H3,(H,21,24). The molecule has 168 valence electrons. The summed E-state index contributed by atoms with van der Waals surface area (Å²) in [5.74, 6) is -1.82. The van der Waals surface area contributed by atoms with Crippen molar-refractivity contribution in [2.75, 3.05) is 26.7 Å². The van der Waals surface area contributed by atoms with E-state index in [1.165, 1.54) is 48.0 Å². The molecule has 0 radical (unpaired) electrons. The first-order valence-electron chi connectivity index (χ1n) is 9.43. The molecule has 0 bridgehead atoms. The third-order valence-corrected chi connectivity index (χ3v) is 6.43. The fraction of sp³-hybridized carbons (Fsp3) is 0.350. The molecule has 1 aromatic carbocycles. The second-order valence-corrected chi connectivity index (χ2v) is 8.14. The molecular formula is C20H24N2O8S. The summed E-state index contributed by atoms with van der Waals surface area (Å²) < 4.78 is 40.9. The van der Waals surface area contributed by atoms with Crippen molar-refractivity contribution in [3.63, 3.8) is 0 Å². The van der Waals surface area contributed by atoms with Crippen LogP contribution in [-0.2, 0) is 30.9 Å². The lowest BCUT2D eigenvalue weighted by molar-refractivity contribution is -0.144. The van der Waals surface area contributed by atoms with Crippen LogP contribution in [0.25, 0.3) is 0 Å². The predicted molar refractivity (Wildman–Crippen MR) is 109 cm³/mol. The van der Waals surface area contributed by atoms with Gasteiger partial charge in [-0.2, -0.15) is 4.31 Å². The SMILES string of the molecule is CCN(CC)S(=O)(=O)c1ccc(C(=O)NCC(=O)OCc2occc2C(=O)OC)cc1. The molecule has 2 rings (SSSR count). The van der Waals surface area contributed by atoms with Crippen LogP contribution in [-0.4, -0.2) is 57.3 Å². The van der Waals surface area contributed by atoms with Gasteiger partial charge in [0, 0.05) is 18.7 Å². The van der Waals surface area contributed by atoms with E-state index in [4.69, 9.17) is 9.15 Å². The van der Waals surface area contributed by atoms with E-state index in [2.05, 4.69) is 10.1 Å². The number of amides is 1. The van der Waals surface area contributed by atoms with Gasteiger partial charge < -0.3 is 19.2 Å². The number of carbonyl (C=O) groups excluding carboxylic acids is 3. The van der Waals surface area contributed by atoms with Gasteiger partial charge in [0.1, 0.15) is 18.7 Å². The van der Waals surface area contributed by atoms with Crippen molar-refractivity contribution >= 4 is 27.9 Å². The summed E-state index contributed by atoms with van der Waals surface area (Å²) in [6.45, 7) is 3.43. The minimum atomic E-state index is -3.62. The molecule has 11 heteroatoms. The summed E-state index contributed by atoms with van der Waals surface area (Å²) in [6.07, 6.45) is 1.27. The summed E-state index contributed by atoms with van der Waals surface area (Å²) in [5, 5.41) is 2.39. The van der Waals surface area contributed by atoms with Gasteiger partial charge in [0.05, 0.1) is 18.3 Å². The van der Waals surface area contributed by atoms with Crippen molar-refractivity contribution in [1.29, 1.82) is 0 Å². The lowest BCUT2D eigenvalue weighted by Crippen LogP contribution is -2.31. The number of furan rings is 1. The Hall–Kier alpha value is -3.18. The molecule has 0 aliphatic rings. The molecule has 1 N–H and O–H groups in total. The van der Waals surface area contributed by atoms with Crippen molar-refractivity contribution < 1.29 is 36.7 Å². The molecule has 0 aliphatic heterocycles. The Kier molecular flexibility index (Phi) is 8.34. The zero-order valence-corrected chi connectivity index (χ0v) is 18.2. The van der Waals surface area contributed by atoms with Crippen LogP contribution in [0.2, 0.25) is 0 Å². The zero-order chi connectivity index (χ0) is 23.0. The summed E-state index contributed by atoms with van der Waals surface area (Å²) >= 11 is 0. The summed E-state index contributed by atoms with van der Waals surface area (Å²) in [6, 6.07) is 6.80. The van der Waals surface area contributed by atoms with Crippen molar-refractivity contribution in [1.82, 2.24) is 9.62 Å². The van der Waals surface area contributed by atoms with E-state index in [0.29, 0.717) is 13.1 Å². The Labute approximate surface area is 180 Å². The largest absolute Gasteiger partial charge is 0.465 e. The van der Waals surface area contributed by atoms with Crippen molar-refractivity contribution in [3.05, 3.63) is 53.5 Å². The molecule has 0 fully saturated rings. The Morgan fingerprint density at radius 3 is 2.29 bits per heavy atom. The number of sulfonamides is 1. The van der Waals surface area contributed by atoms with Gasteiger partial charge in [-0.1, -0.05) is 13.8 Å². The van der Waals surface area contributed by atoms with Gasteiger partial charge in [0.2, 0.25) is 10.0 Å². The molecule has 10 nitrogen and oxygen atoms in total. The monoisotopic (exact) mass is 452 g/mol. The number of esters is 2. The molecule has 0 saturated carbocycles. The first kappa shape index (κ1) is 24.1. The van der Waals surface area contributed by atoms with Gasteiger partial charge in [0.25, 0.3) is 5.91 Å². The summed E-state index contributed by atoms with van der Waals surface area (Å²) in [4.78, 5) is 35.7. The van der Waals surface area contributed by atoms with E-state index >= 15 is 0 Å². The van der Waals surface area contributed by atoms with E-state index in [0.717, 1.165) is 0 Å². The molecule has 0 saturated heterocycles. The van der Waals surface area contributed by atoms with Crippen molar-refractivity contribution in [2.45, 2.75) is 25.3 Å². The number of nitrogens with zero attached hydrogens (tertiary/aromatic N) is 1. The fourth-order valence-electron chi connectivity index (χ4n) is 2.69. The Balaban J connectivity index is 1.90. The lowest BCUT2D eigenvalue weighted by Gasteiger charge is -2.18. The molecule has 1 aromatic heterocycles. The number of rotatable bonds is 10. The normalized spacial score (nSPS) is 11.2. The third kappa shape index (κ3) is 5.92. The predicted octanol–water partition coefficient (Wildman–Crippen LogP) is 1.57. The van der Waals surface area contributed by atoms with E-state index in [1.54, 1.807) is 13.8 Å². The first-order chi connectivity index (χ1) is 14.7. The third-order valence-electron chi connectivity index (χ3n) is 4.37. The van der Waals surface area contributed by atoms with Gasteiger partial charge >= 0.3 is 11.9 Å². The quantitative estimate of drug-likeness (QED) is 0.537. The highest BCUT2D eigenvalue weighted by atomic mass is 32.2. The number of hydrogen-bond acceptors (Lipinski definition) is 8. The molecule has 1 heterocycles. The average Bonchev–Trinajstić information content (AvgIpc) is 3.25. The highest BCUT2D eigenvalue weighted by Crippen LogP contribution is 2.16. The second kappa shape index (κ2) is 10.7. The minimum absolute atomic E-state index is 0.0759. The van der Waals surface area contributed by atoms with Gasteiger partial charge in [-0.05, 0) is 30.3 Å². The van der Waals surface area contributed by atoms with Crippen LogP contribution < -0.4 is 5.32 Å². The number of methoxy groups -OCH3 is 1. The molecule has 31 heavy (non-hydrogen) atoms. The summed E-state index contributed by atoms with van der Waals surface area (Å²) in [7, 11) is -2.41. The maximum atomic E-state index is 12.5. The number of nitrogens with one attached hydrogen (secondary N) is 1. The van der Waals surface area contributed by atoms with E-state index in [1.807, 2.05) is 0 Å². The fourth-order valence-corrected chi connectivity index (χ4v) is 4.14. The second-order valence-electron chi connectivity index (χ2n) is 6.21. The van der Waals surface area contributed by atoms with Crippen LogP contribution in [0.15, 0.2) is 45.9 Å². The number of carbonyl (C=O) groups is 3. The molecule has 2 aromatic rings. The molecule has 0 spiro atoms. The summed E-state index contributed by atoms with van der Waals surface area (Å²) in [5.41, 5.74) is 0.324. The topological polar surface area (TPSA) is 132 Å². The van der Waals surface area contributed by atoms with Crippen LogP contribution >= 0.6 is 0 Å². The van der Waals surface area contributed by atoms with E-state index < -0.39 is 34.4 Å². The van der Waals surface area contributed by atoms with Crippen LogP contribution in [0.4, 0.5) is 0 Å². The van der Waals surface area contributed by atoms with Crippen LogP contribution in [0.1, 0.15) is 40.3 Å². The van der Waals surface area contributed by atoms with Gasteiger partial charge in [0.15, 0.2) is 5.76 Å². The zero-order valence-electron chi connectivity index (χ0n) is 17.4. The van der Waals surface area contributed by atoms with Crippen LogP contribution in [0.3, 0.4) is 0 Å². The Morgan fingerprint density at radius 2 is 1.71 bits per heavy atom.